The predicted octanol–water partition coefficient (Wildman–Crippen LogP) is 2.58. The fourth-order valence-electron chi connectivity index (χ4n) is 3.88. The molecule has 1 heterocycles. The summed E-state index contributed by atoms with van der Waals surface area (Å²) in [7, 11) is 0. The van der Waals surface area contributed by atoms with E-state index in [1.165, 1.54) is 12.1 Å². The molecule has 0 aromatic heterocycles. The highest BCUT2D eigenvalue weighted by Gasteiger charge is 2.28. The van der Waals surface area contributed by atoms with Gasteiger partial charge in [0.05, 0.1) is 5.69 Å². The molecular weight excluding hydrogens is 312 g/mol. The molecule has 132 valence electrons. The summed E-state index contributed by atoms with van der Waals surface area (Å²) in [5, 5.41) is 6.66. The second kappa shape index (κ2) is 7.47. The van der Waals surface area contributed by atoms with E-state index in [0.29, 0.717) is 23.8 Å². The summed E-state index contributed by atoms with van der Waals surface area (Å²) in [6.45, 7) is 3.08. The van der Waals surface area contributed by atoms with Crippen LogP contribution in [0.15, 0.2) is 18.2 Å². The van der Waals surface area contributed by atoms with Crippen LogP contribution in [0.4, 0.5) is 14.5 Å². The number of amides is 1. The van der Waals surface area contributed by atoms with Gasteiger partial charge in [-0.25, -0.2) is 8.78 Å². The van der Waals surface area contributed by atoms with Gasteiger partial charge in [-0.15, -0.1) is 0 Å². The van der Waals surface area contributed by atoms with E-state index in [1.54, 1.807) is 6.92 Å². The number of rotatable bonds is 4. The molecule has 1 saturated carbocycles. The summed E-state index contributed by atoms with van der Waals surface area (Å²) in [4.78, 5) is 13.1. The minimum absolute atomic E-state index is 0.0409. The average Bonchev–Trinajstić information content (AvgIpc) is 2.97. The number of hydrogen-bond acceptors (Lipinski definition) is 3. The SMILES string of the molecule is CC(=O)NC1CCC(N[C@H]2CCN(c3ccc(F)cc3F)C2)CC1. The van der Waals surface area contributed by atoms with Gasteiger partial charge >= 0.3 is 0 Å². The maximum atomic E-state index is 13.9. The number of hydrogen-bond donors (Lipinski definition) is 2. The number of carbonyl (C=O) groups excluding carboxylic acids is 1. The van der Waals surface area contributed by atoms with Crippen LogP contribution in [-0.2, 0) is 4.79 Å². The first-order chi connectivity index (χ1) is 11.5. The number of carbonyl (C=O) groups is 1. The van der Waals surface area contributed by atoms with Gasteiger partial charge in [-0.2, -0.15) is 0 Å². The highest BCUT2D eigenvalue weighted by atomic mass is 19.1. The highest BCUT2D eigenvalue weighted by Crippen LogP contribution is 2.26. The predicted molar refractivity (Wildman–Crippen MR) is 90.0 cm³/mol. The Morgan fingerprint density at radius 3 is 2.46 bits per heavy atom. The smallest absolute Gasteiger partial charge is 0.217 e. The third-order valence-electron chi connectivity index (χ3n) is 5.04. The van der Waals surface area contributed by atoms with Crippen LogP contribution in [0, 0.1) is 11.6 Å². The summed E-state index contributed by atoms with van der Waals surface area (Å²) in [5.74, 6) is -0.994. The van der Waals surface area contributed by atoms with E-state index in [1.807, 2.05) is 4.90 Å². The molecule has 0 bridgehead atoms. The molecule has 0 unspecified atom stereocenters. The molecule has 1 saturated heterocycles. The van der Waals surface area contributed by atoms with Crippen molar-refractivity contribution in [2.75, 3.05) is 18.0 Å². The van der Waals surface area contributed by atoms with Crippen molar-refractivity contribution in [1.29, 1.82) is 0 Å². The van der Waals surface area contributed by atoms with Crippen molar-refractivity contribution in [3.63, 3.8) is 0 Å². The van der Waals surface area contributed by atoms with E-state index in [0.717, 1.165) is 51.3 Å². The Bertz CT molecular complexity index is 588. The van der Waals surface area contributed by atoms with Crippen LogP contribution in [0.5, 0.6) is 0 Å². The Kier molecular flexibility index (Phi) is 5.33. The molecule has 2 fully saturated rings. The summed E-state index contributed by atoms with van der Waals surface area (Å²) in [6.07, 6.45) is 5.06. The van der Waals surface area contributed by atoms with E-state index < -0.39 is 11.6 Å². The van der Waals surface area contributed by atoms with Gasteiger partial charge in [-0.05, 0) is 44.2 Å². The first-order valence-electron chi connectivity index (χ1n) is 8.74. The Hall–Kier alpha value is -1.69. The molecular formula is C18H25F2N3O. The molecule has 1 aliphatic carbocycles. The van der Waals surface area contributed by atoms with Crippen LogP contribution in [0.25, 0.3) is 0 Å². The quantitative estimate of drug-likeness (QED) is 0.888. The largest absolute Gasteiger partial charge is 0.368 e. The third-order valence-corrected chi connectivity index (χ3v) is 5.04. The van der Waals surface area contributed by atoms with Crippen molar-refractivity contribution < 1.29 is 13.6 Å². The molecule has 3 rings (SSSR count). The molecule has 0 spiro atoms. The fourth-order valence-corrected chi connectivity index (χ4v) is 3.88. The zero-order chi connectivity index (χ0) is 17.1. The van der Waals surface area contributed by atoms with Crippen molar-refractivity contribution in [2.24, 2.45) is 0 Å². The number of benzene rings is 1. The van der Waals surface area contributed by atoms with Gasteiger partial charge in [0.15, 0.2) is 0 Å². The lowest BCUT2D eigenvalue weighted by Gasteiger charge is -2.31. The van der Waals surface area contributed by atoms with Gasteiger partial charge in [-0.1, -0.05) is 0 Å². The highest BCUT2D eigenvalue weighted by molar-refractivity contribution is 5.73. The molecule has 0 radical (unpaired) electrons. The standard InChI is InChI=1S/C18H25F2N3O/c1-12(24)21-14-3-5-15(6-4-14)22-16-8-9-23(11-16)18-7-2-13(19)10-17(18)20/h2,7,10,14-16,22H,3-6,8-9,11H2,1H3,(H,21,24)/t14?,15?,16-/m0/s1. The minimum Gasteiger partial charge on any atom is -0.368 e. The molecule has 1 amide bonds. The molecule has 24 heavy (non-hydrogen) atoms. The summed E-state index contributed by atoms with van der Waals surface area (Å²) >= 11 is 0. The topological polar surface area (TPSA) is 44.4 Å². The second-order valence-electron chi connectivity index (χ2n) is 6.94. The normalized spacial score (nSPS) is 27.3. The van der Waals surface area contributed by atoms with E-state index in [9.17, 15) is 13.6 Å². The van der Waals surface area contributed by atoms with Crippen LogP contribution < -0.4 is 15.5 Å². The lowest BCUT2D eigenvalue weighted by molar-refractivity contribution is -0.119. The van der Waals surface area contributed by atoms with Gasteiger partial charge in [-0.3, -0.25) is 4.79 Å². The summed E-state index contributed by atoms with van der Waals surface area (Å²) in [5.41, 5.74) is 0.482. The van der Waals surface area contributed by atoms with Gasteiger partial charge in [0.2, 0.25) is 5.91 Å². The lowest BCUT2D eigenvalue weighted by Crippen LogP contribution is -2.45. The van der Waals surface area contributed by atoms with E-state index in [2.05, 4.69) is 10.6 Å². The first kappa shape index (κ1) is 17.1. The van der Waals surface area contributed by atoms with E-state index >= 15 is 0 Å². The first-order valence-corrected chi connectivity index (χ1v) is 8.74. The molecule has 1 aliphatic heterocycles. The molecule has 1 aromatic rings. The Labute approximate surface area is 141 Å². The van der Waals surface area contributed by atoms with Gasteiger partial charge in [0.1, 0.15) is 11.6 Å². The summed E-state index contributed by atoms with van der Waals surface area (Å²) < 4.78 is 26.9. The van der Waals surface area contributed by atoms with Crippen LogP contribution >= 0.6 is 0 Å². The lowest BCUT2D eigenvalue weighted by atomic mass is 9.90. The number of nitrogens with one attached hydrogen (secondary N) is 2. The monoisotopic (exact) mass is 337 g/mol. The molecule has 2 aliphatic rings. The Balaban J connectivity index is 1.48. The van der Waals surface area contributed by atoms with E-state index in [-0.39, 0.29) is 5.91 Å². The van der Waals surface area contributed by atoms with Crippen molar-refractivity contribution in [3.8, 4) is 0 Å². The maximum Gasteiger partial charge on any atom is 0.217 e. The van der Waals surface area contributed by atoms with Gasteiger partial charge in [0.25, 0.3) is 0 Å². The van der Waals surface area contributed by atoms with Crippen molar-refractivity contribution >= 4 is 11.6 Å². The fraction of sp³-hybridized carbons (Fsp3) is 0.611. The van der Waals surface area contributed by atoms with E-state index in [4.69, 9.17) is 0 Å². The molecule has 6 heteroatoms. The zero-order valence-corrected chi connectivity index (χ0v) is 14.0. The van der Waals surface area contributed by atoms with Crippen LogP contribution in [0.2, 0.25) is 0 Å². The van der Waals surface area contributed by atoms with Crippen molar-refractivity contribution in [3.05, 3.63) is 29.8 Å². The minimum atomic E-state index is -0.541. The molecule has 2 N–H and O–H groups in total. The number of halogens is 2. The summed E-state index contributed by atoms with van der Waals surface area (Å²) in [6, 6.07) is 4.86. The molecule has 1 atom stereocenters. The van der Waals surface area contributed by atoms with Gasteiger partial charge < -0.3 is 15.5 Å². The second-order valence-corrected chi connectivity index (χ2v) is 6.94. The number of anilines is 1. The van der Waals surface area contributed by atoms with Crippen molar-refractivity contribution in [1.82, 2.24) is 10.6 Å². The zero-order valence-electron chi connectivity index (χ0n) is 14.0. The third kappa shape index (κ3) is 4.23. The number of nitrogens with zero attached hydrogens (tertiary/aromatic N) is 1. The Morgan fingerprint density at radius 2 is 1.79 bits per heavy atom. The Morgan fingerprint density at radius 1 is 1.08 bits per heavy atom. The maximum absolute atomic E-state index is 13.9. The molecule has 4 nitrogen and oxygen atoms in total. The van der Waals surface area contributed by atoms with Crippen LogP contribution in [0.3, 0.4) is 0 Å². The van der Waals surface area contributed by atoms with Gasteiger partial charge in [0, 0.05) is 44.2 Å². The van der Waals surface area contributed by atoms with Crippen LogP contribution in [-0.4, -0.2) is 37.1 Å². The molecule has 1 aromatic carbocycles. The van der Waals surface area contributed by atoms with Crippen molar-refractivity contribution in [2.45, 2.75) is 57.2 Å². The average molecular weight is 337 g/mol. The van der Waals surface area contributed by atoms with Crippen LogP contribution in [0.1, 0.15) is 39.0 Å².